The van der Waals surface area contributed by atoms with Gasteiger partial charge in [-0.2, -0.15) is 5.26 Å². The Morgan fingerprint density at radius 1 is 1.23 bits per heavy atom. The molecule has 212 valence electrons. The topological polar surface area (TPSA) is 75.9 Å². The number of ether oxygens (including phenoxy) is 1. The molecule has 40 heavy (non-hydrogen) atoms. The summed E-state index contributed by atoms with van der Waals surface area (Å²) in [7, 11) is 2.12. The second-order valence-electron chi connectivity index (χ2n) is 11.4. The SMILES string of the molecule is C=CC(=O)N1[C@H](C)CN(c2c(C#N)c(OCC3CCCN3C)nc3c2CCN(c2c(C)cccc2Cl)C3)C[C@@H]1C. The first-order valence-electron chi connectivity index (χ1n) is 14.2. The molecular weight excluding hydrogens is 524 g/mol. The molecule has 1 aromatic carbocycles. The summed E-state index contributed by atoms with van der Waals surface area (Å²) >= 11 is 6.66. The van der Waals surface area contributed by atoms with Gasteiger partial charge in [-0.1, -0.05) is 30.3 Å². The van der Waals surface area contributed by atoms with Gasteiger partial charge in [0.1, 0.15) is 18.2 Å². The molecule has 9 heteroatoms. The molecule has 0 radical (unpaired) electrons. The van der Waals surface area contributed by atoms with Gasteiger partial charge in [-0.15, -0.1) is 0 Å². The van der Waals surface area contributed by atoms with Crippen LogP contribution in [0.2, 0.25) is 5.02 Å². The normalized spacial score (nSPS) is 23.1. The summed E-state index contributed by atoms with van der Waals surface area (Å²) in [6.07, 6.45) is 4.34. The fraction of sp³-hybridized carbons (Fsp3) is 0.516. The van der Waals surface area contributed by atoms with E-state index in [1.807, 2.05) is 17.0 Å². The van der Waals surface area contributed by atoms with Crippen LogP contribution in [0.15, 0.2) is 30.9 Å². The first kappa shape index (κ1) is 28.3. The van der Waals surface area contributed by atoms with Crippen LogP contribution in [0.4, 0.5) is 11.4 Å². The van der Waals surface area contributed by atoms with Gasteiger partial charge in [0.15, 0.2) is 0 Å². The number of aromatic nitrogens is 1. The molecule has 2 fully saturated rings. The van der Waals surface area contributed by atoms with Crippen LogP contribution >= 0.6 is 11.6 Å². The van der Waals surface area contributed by atoms with Gasteiger partial charge >= 0.3 is 0 Å². The highest BCUT2D eigenvalue weighted by Gasteiger charge is 2.36. The molecule has 3 atom stereocenters. The number of benzene rings is 1. The van der Waals surface area contributed by atoms with Crippen molar-refractivity contribution in [3.8, 4) is 11.9 Å². The van der Waals surface area contributed by atoms with E-state index in [0.29, 0.717) is 43.7 Å². The molecule has 1 unspecified atom stereocenters. The fourth-order valence-electron chi connectivity index (χ4n) is 6.71. The number of para-hydroxylation sites is 1. The number of likely N-dealkylation sites (tertiary alicyclic amines) is 1. The Morgan fingerprint density at radius 3 is 2.60 bits per heavy atom. The minimum Gasteiger partial charge on any atom is -0.475 e. The van der Waals surface area contributed by atoms with Gasteiger partial charge in [-0.3, -0.25) is 4.79 Å². The molecule has 1 aromatic heterocycles. The third-order valence-corrected chi connectivity index (χ3v) is 8.96. The number of amides is 1. The van der Waals surface area contributed by atoms with Crippen molar-refractivity contribution in [1.29, 1.82) is 5.26 Å². The van der Waals surface area contributed by atoms with Gasteiger partial charge in [0.25, 0.3) is 0 Å². The van der Waals surface area contributed by atoms with E-state index in [9.17, 15) is 10.1 Å². The van der Waals surface area contributed by atoms with Crippen molar-refractivity contribution in [1.82, 2.24) is 14.8 Å². The molecule has 2 aromatic rings. The number of hydrogen-bond acceptors (Lipinski definition) is 7. The molecule has 5 rings (SSSR count). The maximum atomic E-state index is 12.6. The van der Waals surface area contributed by atoms with Crippen molar-refractivity contribution >= 4 is 28.9 Å². The van der Waals surface area contributed by atoms with E-state index in [2.05, 4.69) is 61.2 Å². The van der Waals surface area contributed by atoms with Gasteiger partial charge in [0.2, 0.25) is 11.8 Å². The molecule has 3 aliphatic rings. The number of rotatable bonds is 6. The second kappa shape index (κ2) is 11.7. The third-order valence-electron chi connectivity index (χ3n) is 8.66. The van der Waals surface area contributed by atoms with Gasteiger partial charge in [0.05, 0.1) is 28.6 Å². The van der Waals surface area contributed by atoms with Crippen LogP contribution in [0.1, 0.15) is 49.1 Å². The first-order valence-corrected chi connectivity index (χ1v) is 14.6. The van der Waals surface area contributed by atoms with Crippen molar-refractivity contribution in [3.63, 3.8) is 0 Å². The zero-order valence-electron chi connectivity index (χ0n) is 24.0. The Kier molecular flexibility index (Phi) is 8.25. The van der Waals surface area contributed by atoms with E-state index in [-0.39, 0.29) is 18.0 Å². The van der Waals surface area contributed by atoms with Crippen molar-refractivity contribution in [2.75, 3.05) is 49.6 Å². The highest BCUT2D eigenvalue weighted by Crippen LogP contribution is 2.40. The number of carbonyl (C=O) groups is 1. The molecule has 2 saturated heterocycles. The van der Waals surface area contributed by atoms with E-state index in [1.165, 1.54) is 6.08 Å². The Balaban J connectivity index is 1.55. The van der Waals surface area contributed by atoms with Crippen LogP contribution in [0, 0.1) is 18.3 Å². The number of nitrogens with zero attached hydrogens (tertiary/aromatic N) is 6. The largest absolute Gasteiger partial charge is 0.475 e. The van der Waals surface area contributed by atoms with Crippen LogP contribution in [0.25, 0.3) is 0 Å². The number of nitriles is 1. The predicted molar refractivity (Wildman–Crippen MR) is 159 cm³/mol. The third kappa shape index (κ3) is 5.25. The maximum Gasteiger partial charge on any atom is 0.246 e. The number of pyridine rings is 1. The summed E-state index contributed by atoms with van der Waals surface area (Å²) in [6, 6.07) is 8.67. The molecule has 0 saturated carbocycles. The highest BCUT2D eigenvalue weighted by molar-refractivity contribution is 6.33. The second-order valence-corrected chi connectivity index (χ2v) is 11.8. The summed E-state index contributed by atoms with van der Waals surface area (Å²) in [6.45, 7) is 14.0. The Bertz CT molecular complexity index is 1310. The van der Waals surface area contributed by atoms with E-state index in [0.717, 1.165) is 65.6 Å². The van der Waals surface area contributed by atoms with Crippen molar-refractivity contribution < 1.29 is 9.53 Å². The van der Waals surface area contributed by atoms with Crippen molar-refractivity contribution in [2.24, 2.45) is 0 Å². The average molecular weight is 563 g/mol. The van der Waals surface area contributed by atoms with Gasteiger partial charge in [0, 0.05) is 43.3 Å². The number of anilines is 2. The number of piperazine rings is 1. The predicted octanol–water partition coefficient (Wildman–Crippen LogP) is 4.56. The van der Waals surface area contributed by atoms with Gasteiger partial charge < -0.3 is 24.3 Å². The van der Waals surface area contributed by atoms with Crippen LogP contribution in [-0.2, 0) is 17.8 Å². The summed E-state index contributed by atoms with van der Waals surface area (Å²) in [4.78, 5) is 26.3. The Hall–Kier alpha value is -3.28. The molecule has 0 bridgehead atoms. The quantitative estimate of drug-likeness (QED) is 0.478. The minimum absolute atomic E-state index is 0.0352. The lowest BCUT2D eigenvalue weighted by atomic mass is 9.96. The standard InChI is InChI=1S/C31H39ClN6O2/c1-6-28(39)38-21(3)16-37(17-22(38)4)30-24-12-14-36(29-20(2)9-7-11-26(29)32)18-27(24)34-31(25(30)15-33)40-19-23-10-8-13-35(23)5/h6-7,9,11,21-23H,1,8,10,12-14,16-19H2,2-5H3/t21-,22+,23?. The monoisotopic (exact) mass is 562 g/mol. The smallest absolute Gasteiger partial charge is 0.246 e. The molecule has 0 aliphatic carbocycles. The van der Waals surface area contributed by atoms with Crippen molar-refractivity contribution in [3.05, 3.63) is 58.3 Å². The lowest BCUT2D eigenvalue weighted by Crippen LogP contribution is -2.58. The van der Waals surface area contributed by atoms with E-state index >= 15 is 0 Å². The van der Waals surface area contributed by atoms with E-state index in [1.54, 1.807) is 0 Å². The zero-order chi connectivity index (χ0) is 28.6. The molecular formula is C31H39ClN6O2. The van der Waals surface area contributed by atoms with Crippen LogP contribution in [-0.4, -0.2) is 78.7 Å². The van der Waals surface area contributed by atoms with Crippen LogP contribution in [0.5, 0.6) is 5.88 Å². The first-order chi connectivity index (χ1) is 19.2. The average Bonchev–Trinajstić information content (AvgIpc) is 3.34. The lowest BCUT2D eigenvalue weighted by molar-refractivity contribution is -0.130. The van der Waals surface area contributed by atoms with Crippen LogP contribution < -0.4 is 14.5 Å². The number of likely N-dealkylation sites (N-methyl/N-ethyl adjacent to an activating group) is 1. The maximum absolute atomic E-state index is 12.6. The fourth-order valence-corrected chi connectivity index (χ4v) is 7.06. The molecule has 1 amide bonds. The molecule has 0 spiro atoms. The molecule has 8 nitrogen and oxygen atoms in total. The molecule has 0 N–H and O–H groups in total. The van der Waals surface area contributed by atoms with Gasteiger partial charge in [-0.25, -0.2) is 4.98 Å². The molecule has 3 aliphatic heterocycles. The minimum atomic E-state index is -0.0626. The number of aryl methyl sites for hydroxylation is 1. The zero-order valence-corrected chi connectivity index (χ0v) is 24.7. The van der Waals surface area contributed by atoms with Crippen LogP contribution in [0.3, 0.4) is 0 Å². The summed E-state index contributed by atoms with van der Waals surface area (Å²) in [5, 5.41) is 11.2. The van der Waals surface area contributed by atoms with Gasteiger partial charge in [-0.05, 0) is 71.3 Å². The highest BCUT2D eigenvalue weighted by atomic mass is 35.5. The summed E-state index contributed by atoms with van der Waals surface area (Å²) < 4.78 is 6.37. The number of fused-ring (bicyclic) bond motifs is 1. The van der Waals surface area contributed by atoms with E-state index < -0.39 is 0 Å². The summed E-state index contributed by atoms with van der Waals surface area (Å²) in [5.41, 5.74) is 5.55. The number of halogens is 1. The summed E-state index contributed by atoms with van der Waals surface area (Å²) in [5.74, 6) is 0.339. The number of hydrogen-bond donors (Lipinski definition) is 0. The van der Waals surface area contributed by atoms with Crippen molar-refractivity contribution in [2.45, 2.75) is 64.7 Å². The number of carbonyl (C=O) groups excluding carboxylic acids is 1. The van der Waals surface area contributed by atoms with E-state index in [4.69, 9.17) is 21.3 Å². The Labute approximate surface area is 242 Å². The lowest BCUT2D eigenvalue weighted by Gasteiger charge is -2.46. The molecule has 4 heterocycles. The Morgan fingerprint density at radius 2 is 1.98 bits per heavy atom.